The maximum atomic E-state index is 12.5. The van der Waals surface area contributed by atoms with Gasteiger partial charge in [-0.25, -0.2) is 4.39 Å². The fourth-order valence-corrected chi connectivity index (χ4v) is 0.932. The van der Waals surface area contributed by atoms with Crippen molar-refractivity contribution in [2.45, 2.75) is 50.9 Å². The van der Waals surface area contributed by atoms with E-state index in [2.05, 4.69) is 0 Å². The van der Waals surface area contributed by atoms with E-state index >= 15 is 0 Å². The molecule has 1 atom stereocenters. The Labute approximate surface area is 78.3 Å². The summed E-state index contributed by atoms with van der Waals surface area (Å²) >= 11 is 0. The first-order valence-electron chi connectivity index (χ1n) is 4.32. The lowest BCUT2D eigenvalue weighted by Crippen LogP contribution is -2.44. The Kier molecular flexibility index (Phi) is 4.74. The number of unbranched alkanes of at least 4 members (excludes halogenated alkanes) is 2. The summed E-state index contributed by atoms with van der Waals surface area (Å²) in [5, 5.41) is 0. The smallest absolute Gasteiger partial charge is 0.240 e. The molecule has 0 fully saturated rings. The SMILES string of the molecule is CCCCCC(F)C(F)(F)C(F)(F)F. The molecular formula is C8H12F6. The number of alkyl halides is 6. The summed E-state index contributed by atoms with van der Waals surface area (Å²) in [6.45, 7) is 1.75. The Morgan fingerprint density at radius 1 is 1.00 bits per heavy atom. The highest BCUT2D eigenvalue weighted by Crippen LogP contribution is 2.40. The Bertz CT molecular complexity index is 162. The van der Waals surface area contributed by atoms with Crippen molar-refractivity contribution in [3.05, 3.63) is 0 Å². The Hall–Kier alpha value is -0.420. The molecule has 0 saturated carbocycles. The van der Waals surface area contributed by atoms with Crippen LogP contribution >= 0.6 is 0 Å². The third kappa shape index (κ3) is 3.38. The van der Waals surface area contributed by atoms with Crippen molar-refractivity contribution in [1.82, 2.24) is 0 Å². The number of hydrogen-bond donors (Lipinski definition) is 0. The van der Waals surface area contributed by atoms with E-state index in [0.29, 0.717) is 12.8 Å². The lowest BCUT2D eigenvalue weighted by Gasteiger charge is -2.22. The van der Waals surface area contributed by atoms with Gasteiger partial charge in [0.05, 0.1) is 0 Å². The molecule has 0 amide bonds. The minimum atomic E-state index is -5.79. The van der Waals surface area contributed by atoms with E-state index < -0.39 is 24.7 Å². The molecule has 0 aliphatic rings. The van der Waals surface area contributed by atoms with Gasteiger partial charge in [-0.05, 0) is 6.42 Å². The second kappa shape index (κ2) is 4.89. The zero-order valence-electron chi connectivity index (χ0n) is 7.67. The lowest BCUT2D eigenvalue weighted by molar-refractivity contribution is -0.303. The maximum absolute atomic E-state index is 12.5. The highest BCUT2D eigenvalue weighted by Gasteiger charge is 2.62. The summed E-state index contributed by atoms with van der Waals surface area (Å²) in [6, 6.07) is 0. The van der Waals surface area contributed by atoms with E-state index in [-0.39, 0.29) is 6.42 Å². The minimum absolute atomic E-state index is 0.0450. The van der Waals surface area contributed by atoms with Crippen molar-refractivity contribution >= 4 is 0 Å². The Morgan fingerprint density at radius 3 is 1.86 bits per heavy atom. The van der Waals surface area contributed by atoms with E-state index in [4.69, 9.17) is 0 Å². The fraction of sp³-hybridized carbons (Fsp3) is 1.00. The van der Waals surface area contributed by atoms with E-state index in [1.807, 2.05) is 0 Å². The van der Waals surface area contributed by atoms with E-state index in [1.165, 1.54) is 0 Å². The van der Waals surface area contributed by atoms with Gasteiger partial charge in [0.15, 0.2) is 6.17 Å². The van der Waals surface area contributed by atoms with Crippen LogP contribution in [0.1, 0.15) is 32.6 Å². The quantitative estimate of drug-likeness (QED) is 0.485. The number of halogens is 6. The molecule has 14 heavy (non-hydrogen) atoms. The van der Waals surface area contributed by atoms with Crippen LogP contribution in [-0.2, 0) is 0 Å². The van der Waals surface area contributed by atoms with Gasteiger partial charge in [0, 0.05) is 0 Å². The van der Waals surface area contributed by atoms with Crippen LogP contribution in [0, 0.1) is 0 Å². The van der Waals surface area contributed by atoms with E-state index in [1.54, 1.807) is 6.92 Å². The van der Waals surface area contributed by atoms with Crippen LogP contribution in [0.5, 0.6) is 0 Å². The lowest BCUT2D eigenvalue weighted by atomic mass is 10.1. The van der Waals surface area contributed by atoms with Gasteiger partial charge in [0.25, 0.3) is 0 Å². The van der Waals surface area contributed by atoms with Gasteiger partial charge in [-0.15, -0.1) is 0 Å². The molecule has 0 aliphatic heterocycles. The van der Waals surface area contributed by atoms with Crippen molar-refractivity contribution < 1.29 is 26.3 Å². The molecular weight excluding hydrogens is 210 g/mol. The highest BCUT2D eigenvalue weighted by atomic mass is 19.4. The first kappa shape index (κ1) is 13.6. The zero-order valence-corrected chi connectivity index (χ0v) is 7.67. The average molecular weight is 222 g/mol. The second-order valence-electron chi connectivity index (χ2n) is 3.08. The van der Waals surface area contributed by atoms with Crippen molar-refractivity contribution in [2.24, 2.45) is 0 Å². The average Bonchev–Trinajstić information content (AvgIpc) is 2.02. The van der Waals surface area contributed by atoms with Crippen molar-refractivity contribution in [1.29, 1.82) is 0 Å². The van der Waals surface area contributed by atoms with Crippen LogP contribution in [0.3, 0.4) is 0 Å². The zero-order chi connectivity index (χ0) is 11.4. The molecule has 0 aromatic heterocycles. The summed E-state index contributed by atoms with van der Waals surface area (Å²) in [4.78, 5) is 0. The van der Waals surface area contributed by atoms with E-state index in [9.17, 15) is 26.3 Å². The second-order valence-corrected chi connectivity index (χ2v) is 3.08. The largest absolute Gasteiger partial charge is 0.456 e. The van der Waals surface area contributed by atoms with Gasteiger partial charge in [-0.1, -0.05) is 26.2 Å². The summed E-state index contributed by atoms with van der Waals surface area (Å²) in [6.07, 6.45) is -8.53. The van der Waals surface area contributed by atoms with E-state index in [0.717, 1.165) is 0 Å². The molecule has 1 unspecified atom stereocenters. The molecule has 86 valence electrons. The van der Waals surface area contributed by atoms with Crippen LogP contribution in [0.25, 0.3) is 0 Å². The molecule has 0 aromatic carbocycles. The molecule has 6 heteroatoms. The first-order valence-corrected chi connectivity index (χ1v) is 4.32. The monoisotopic (exact) mass is 222 g/mol. The molecule has 0 aliphatic carbocycles. The van der Waals surface area contributed by atoms with Crippen LogP contribution in [0.2, 0.25) is 0 Å². The van der Waals surface area contributed by atoms with Crippen LogP contribution in [-0.4, -0.2) is 18.3 Å². The molecule has 0 heterocycles. The normalized spacial score (nSPS) is 15.6. The molecule has 0 aromatic rings. The molecule has 0 radical (unpaired) electrons. The topological polar surface area (TPSA) is 0 Å². The fourth-order valence-electron chi connectivity index (χ4n) is 0.932. The highest BCUT2D eigenvalue weighted by molar-refractivity contribution is 4.84. The Balaban J connectivity index is 4.15. The van der Waals surface area contributed by atoms with Gasteiger partial charge >= 0.3 is 12.1 Å². The summed E-state index contributed by atoms with van der Waals surface area (Å²) < 4.78 is 71.8. The minimum Gasteiger partial charge on any atom is -0.240 e. The van der Waals surface area contributed by atoms with Crippen molar-refractivity contribution in [3.63, 3.8) is 0 Å². The van der Waals surface area contributed by atoms with Crippen LogP contribution in [0.15, 0.2) is 0 Å². The molecule has 0 spiro atoms. The van der Waals surface area contributed by atoms with Crippen LogP contribution in [0.4, 0.5) is 26.3 Å². The third-order valence-electron chi connectivity index (χ3n) is 1.83. The number of hydrogen-bond acceptors (Lipinski definition) is 0. The predicted molar refractivity (Wildman–Crippen MR) is 40.0 cm³/mol. The summed E-state index contributed by atoms with van der Waals surface area (Å²) in [7, 11) is 0. The molecule has 0 nitrogen and oxygen atoms in total. The van der Waals surface area contributed by atoms with Gasteiger partial charge in [0.2, 0.25) is 0 Å². The molecule has 0 N–H and O–H groups in total. The predicted octanol–water partition coefficient (Wildman–Crippen LogP) is 4.10. The summed E-state index contributed by atoms with van der Waals surface area (Å²) in [5.41, 5.74) is 0. The van der Waals surface area contributed by atoms with Crippen molar-refractivity contribution in [2.75, 3.05) is 0 Å². The van der Waals surface area contributed by atoms with Crippen molar-refractivity contribution in [3.8, 4) is 0 Å². The Morgan fingerprint density at radius 2 is 1.50 bits per heavy atom. The maximum Gasteiger partial charge on any atom is 0.456 e. The number of rotatable bonds is 5. The third-order valence-corrected chi connectivity index (χ3v) is 1.83. The summed E-state index contributed by atoms with van der Waals surface area (Å²) in [5.74, 6) is -5.22. The van der Waals surface area contributed by atoms with Gasteiger partial charge in [-0.2, -0.15) is 22.0 Å². The molecule has 0 rings (SSSR count). The van der Waals surface area contributed by atoms with Gasteiger partial charge < -0.3 is 0 Å². The van der Waals surface area contributed by atoms with Gasteiger partial charge in [0.1, 0.15) is 0 Å². The van der Waals surface area contributed by atoms with Crippen LogP contribution < -0.4 is 0 Å². The standard InChI is InChI=1S/C8H12F6/c1-2-3-4-5-6(9)7(10,11)8(12,13)14/h6H,2-5H2,1H3. The molecule has 0 bridgehead atoms. The first-order chi connectivity index (χ1) is 6.23. The molecule has 0 saturated heterocycles. The van der Waals surface area contributed by atoms with Gasteiger partial charge in [-0.3, -0.25) is 0 Å².